The molecule has 0 unspecified atom stereocenters. The van der Waals surface area contributed by atoms with Crippen molar-refractivity contribution in [2.24, 2.45) is 0 Å². The molecule has 0 radical (unpaired) electrons. The molecule has 0 saturated carbocycles. The Morgan fingerprint density at radius 3 is 1.61 bits per heavy atom. The monoisotopic (exact) mass is 637 g/mol. The molecule has 0 aromatic heterocycles. The molecule has 2 amide bonds. The lowest BCUT2D eigenvalue weighted by atomic mass is 9.83. The highest BCUT2D eigenvalue weighted by atomic mass is 16.2. The van der Waals surface area contributed by atoms with E-state index in [-0.39, 0.29) is 29.1 Å². The summed E-state index contributed by atoms with van der Waals surface area (Å²) in [4.78, 5) is 30.5. The number of amides is 2. The summed E-state index contributed by atoms with van der Waals surface area (Å²) in [5.74, 6) is 6.62. The Bertz CT molecular complexity index is 2470. The van der Waals surface area contributed by atoms with Crippen molar-refractivity contribution in [3.05, 3.63) is 136 Å². The lowest BCUT2D eigenvalue weighted by Crippen LogP contribution is -2.41. The zero-order valence-electron chi connectivity index (χ0n) is 29.2. The number of benzene rings is 7. The highest BCUT2D eigenvalue weighted by Gasteiger charge is 2.38. The van der Waals surface area contributed by atoms with E-state index < -0.39 is 0 Å². The number of hydrogen-bond donors (Lipinski definition) is 0. The van der Waals surface area contributed by atoms with Crippen molar-refractivity contribution >= 4 is 60.6 Å². The molecule has 49 heavy (non-hydrogen) atoms. The molecule has 0 atom stereocenters. The average Bonchev–Trinajstić information content (AvgIpc) is 3.08. The van der Waals surface area contributed by atoms with Gasteiger partial charge in [-0.15, -0.1) is 0 Å². The zero-order valence-corrected chi connectivity index (χ0v) is 29.2. The van der Waals surface area contributed by atoms with Gasteiger partial charge in [-0.25, -0.2) is 4.90 Å². The fourth-order valence-electron chi connectivity index (χ4n) is 7.76. The summed E-state index contributed by atoms with van der Waals surface area (Å²) >= 11 is 0. The Balaban J connectivity index is 1.32. The van der Waals surface area contributed by atoms with E-state index in [4.69, 9.17) is 0 Å². The molecule has 0 N–H and O–H groups in total. The molecule has 1 aliphatic rings. The molecule has 3 heteroatoms. The second kappa shape index (κ2) is 11.0. The molecule has 0 saturated heterocycles. The van der Waals surface area contributed by atoms with Crippen LogP contribution in [0.15, 0.2) is 97.1 Å². The maximum absolute atomic E-state index is 14.5. The Morgan fingerprint density at radius 1 is 0.531 bits per heavy atom. The van der Waals surface area contributed by atoms with E-state index >= 15 is 0 Å². The molecule has 3 nitrogen and oxygen atoms in total. The van der Waals surface area contributed by atoms with E-state index in [0.29, 0.717) is 11.1 Å². The summed E-state index contributed by atoms with van der Waals surface area (Å²) in [5.41, 5.74) is 7.21. The van der Waals surface area contributed by atoms with Gasteiger partial charge in [0.1, 0.15) is 0 Å². The Morgan fingerprint density at radius 2 is 1.04 bits per heavy atom. The second-order valence-corrected chi connectivity index (χ2v) is 15.1. The van der Waals surface area contributed by atoms with Crippen molar-refractivity contribution in [2.75, 3.05) is 4.90 Å². The lowest BCUT2D eigenvalue weighted by Gasteiger charge is -2.32. The van der Waals surface area contributed by atoms with Crippen molar-refractivity contribution in [1.82, 2.24) is 0 Å². The number of hydrogen-bond acceptors (Lipinski definition) is 2. The third-order valence-electron chi connectivity index (χ3n) is 10.3. The van der Waals surface area contributed by atoms with Crippen LogP contribution in [-0.4, -0.2) is 11.8 Å². The van der Waals surface area contributed by atoms with Crippen LogP contribution in [0, 0.1) is 11.8 Å². The van der Waals surface area contributed by atoms with Gasteiger partial charge in [0.15, 0.2) is 0 Å². The molecule has 240 valence electrons. The van der Waals surface area contributed by atoms with Crippen molar-refractivity contribution in [2.45, 2.75) is 65.7 Å². The molecular weight excluding hydrogens is 599 g/mol. The van der Waals surface area contributed by atoms with Gasteiger partial charge in [0.25, 0.3) is 11.8 Å². The fourth-order valence-corrected chi connectivity index (χ4v) is 7.76. The van der Waals surface area contributed by atoms with Gasteiger partial charge >= 0.3 is 0 Å². The quantitative estimate of drug-likeness (QED) is 0.0837. The van der Waals surface area contributed by atoms with Crippen molar-refractivity contribution in [3.8, 4) is 11.8 Å². The van der Waals surface area contributed by atoms with Gasteiger partial charge < -0.3 is 0 Å². The van der Waals surface area contributed by atoms with Gasteiger partial charge in [0.05, 0.1) is 5.69 Å². The predicted octanol–water partition coefficient (Wildman–Crippen LogP) is 11.5. The first-order chi connectivity index (χ1) is 23.5. The zero-order chi connectivity index (χ0) is 34.4. The standard InChI is InChI=1S/C46H39NO2/c1-26(2)31-10-8-11-32(27(3)4)43(31)47-44(48)38-24-22-36-34-13-9-12-33-29(17-14-28-15-19-30(20-16-28)46(5,6)7)18-21-35(40(33)34)37-23-25-39(45(47)49)42(38)41(36)37/h8-13,15-16,18-27H,1-7H3. The topological polar surface area (TPSA) is 37.4 Å². The molecular formula is C46H39NO2. The minimum atomic E-state index is -0.263. The highest BCUT2D eigenvalue weighted by molar-refractivity contribution is 6.42. The Hall–Kier alpha value is -5.46. The van der Waals surface area contributed by atoms with Crippen LogP contribution in [0.5, 0.6) is 0 Å². The molecule has 7 aromatic carbocycles. The van der Waals surface area contributed by atoms with E-state index in [1.54, 1.807) is 0 Å². The van der Waals surface area contributed by atoms with E-state index in [9.17, 15) is 9.59 Å². The van der Waals surface area contributed by atoms with Crippen LogP contribution in [0.3, 0.4) is 0 Å². The number of carbonyl (C=O) groups is 2. The molecule has 1 aliphatic heterocycles. The van der Waals surface area contributed by atoms with Crippen LogP contribution in [0.4, 0.5) is 5.69 Å². The first-order valence-corrected chi connectivity index (χ1v) is 17.3. The first kappa shape index (κ1) is 30.8. The van der Waals surface area contributed by atoms with Gasteiger partial charge in [0, 0.05) is 27.6 Å². The molecule has 0 spiro atoms. The van der Waals surface area contributed by atoms with Crippen molar-refractivity contribution in [3.63, 3.8) is 0 Å². The van der Waals surface area contributed by atoms with Crippen LogP contribution in [0.2, 0.25) is 0 Å². The average molecular weight is 638 g/mol. The van der Waals surface area contributed by atoms with Crippen LogP contribution in [0.25, 0.3) is 43.1 Å². The summed E-state index contributed by atoms with van der Waals surface area (Å²) < 4.78 is 0. The van der Waals surface area contributed by atoms with Gasteiger partial charge in [-0.1, -0.05) is 127 Å². The summed E-state index contributed by atoms with van der Waals surface area (Å²) in [5, 5.41) is 8.23. The third-order valence-corrected chi connectivity index (χ3v) is 10.3. The highest BCUT2D eigenvalue weighted by Crippen LogP contribution is 2.46. The van der Waals surface area contributed by atoms with Gasteiger partial charge in [-0.3, -0.25) is 9.59 Å². The maximum Gasteiger partial charge on any atom is 0.266 e. The fraction of sp³-hybridized carbons (Fsp3) is 0.217. The first-order valence-electron chi connectivity index (χ1n) is 17.3. The largest absolute Gasteiger partial charge is 0.268 e. The molecule has 8 rings (SSSR count). The number of anilines is 1. The number of imide groups is 1. The van der Waals surface area contributed by atoms with Gasteiger partial charge in [0.2, 0.25) is 0 Å². The summed E-state index contributed by atoms with van der Waals surface area (Å²) in [7, 11) is 0. The Kier molecular flexibility index (Phi) is 6.95. The van der Waals surface area contributed by atoms with Crippen LogP contribution >= 0.6 is 0 Å². The number of rotatable bonds is 3. The summed E-state index contributed by atoms with van der Waals surface area (Å²) in [6.45, 7) is 15.1. The van der Waals surface area contributed by atoms with E-state index in [0.717, 1.165) is 71.0 Å². The van der Waals surface area contributed by atoms with Crippen molar-refractivity contribution < 1.29 is 9.59 Å². The third kappa shape index (κ3) is 4.66. The minimum absolute atomic E-state index is 0.0951. The second-order valence-electron chi connectivity index (χ2n) is 15.1. The number of nitrogens with zero attached hydrogens (tertiary/aromatic N) is 1. The molecule has 7 aromatic rings. The number of carbonyl (C=O) groups excluding carboxylic acids is 2. The van der Waals surface area contributed by atoms with Crippen LogP contribution < -0.4 is 4.90 Å². The Labute approximate surface area is 287 Å². The minimum Gasteiger partial charge on any atom is -0.268 e. The van der Waals surface area contributed by atoms with E-state index in [2.05, 4.69) is 127 Å². The van der Waals surface area contributed by atoms with Crippen molar-refractivity contribution in [1.29, 1.82) is 0 Å². The van der Waals surface area contributed by atoms with Crippen LogP contribution in [-0.2, 0) is 5.41 Å². The summed E-state index contributed by atoms with van der Waals surface area (Å²) in [6, 6.07) is 33.3. The smallest absolute Gasteiger partial charge is 0.266 e. The lowest BCUT2D eigenvalue weighted by molar-refractivity contribution is 0.0893. The summed E-state index contributed by atoms with van der Waals surface area (Å²) in [6.07, 6.45) is 0. The maximum atomic E-state index is 14.5. The molecule has 0 bridgehead atoms. The molecule has 0 aliphatic carbocycles. The number of fused-ring (bicyclic) bond motifs is 2. The predicted molar refractivity (Wildman–Crippen MR) is 205 cm³/mol. The number of para-hydroxylation sites is 1. The normalized spacial score (nSPS) is 13.4. The van der Waals surface area contributed by atoms with Crippen LogP contribution in [0.1, 0.15) is 109 Å². The van der Waals surface area contributed by atoms with E-state index in [1.807, 2.05) is 30.3 Å². The molecule has 0 fully saturated rings. The molecule has 1 heterocycles. The van der Waals surface area contributed by atoms with Gasteiger partial charge in [-0.05, 0) is 102 Å². The SMILES string of the molecule is CC(C)c1cccc(C(C)C)c1N1C(=O)c2ccc3c4cccc5c(C#Cc6ccc(C(C)(C)C)cc6)ccc(c6ccc(c2c36)C1=O)c54. The van der Waals surface area contributed by atoms with E-state index in [1.165, 1.54) is 10.5 Å². The van der Waals surface area contributed by atoms with Gasteiger partial charge in [-0.2, -0.15) is 0 Å².